The van der Waals surface area contributed by atoms with Crippen molar-refractivity contribution in [2.75, 3.05) is 26.2 Å². The summed E-state index contributed by atoms with van der Waals surface area (Å²) >= 11 is 0. The summed E-state index contributed by atoms with van der Waals surface area (Å²) in [6.45, 7) is 9.80. The second-order valence-electron chi connectivity index (χ2n) is 8.75. The summed E-state index contributed by atoms with van der Waals surface area (Å²) in [5, 5.41) is 0. The Kier molecular flexibility index (Phi) is 11.1. The zero-order valence-corrected chi connectivity index (χ0v) is 18.7. The van der Waals surface area contributed by atoms with Gasteiger partial charge in [0, 0.05) is 26.1 Å². The van der Waals surface area contributed by atoms with Crippen molar-refractivity contribution in [2.24, 2.45) is 5.73 Å². The van der Waals surface area contributed by atoms with Crippen LogP contribution in [0.5, 0.6) is 0 Å². The van der Waals surface area contributed by atoms with E-state index in [0.29, 0.717) is 25.0 Å². The average Bonchev–Trinajstić information content (AvgIpc) is 2.65. The Hall–Kier alpha value is -1.10. The minimum Gasteiger partial charge on any atom is -0.378 e. The number of carbonyl (C=O) groups excluding carboxylic acids is 1. The molecular weight excluding hydrogens is 372 g/mol. The predicted molar refractivity (Wildman–Crippen MR) is 119 cm³/mol. The summed E-state index contributed by atoms with van der Waals surface area (Å²) < 4.78 is 5.81. The van der Waals surface area contributed by atoms with Crippen LogP contribution in [-0.4, -0.2) is 43.2 Å². The lowest BCUT2D eigenvalue weighted by atomic mass is 9.86. The highest BCUT2D eigenvalue weighted by Crippen LogP contribution is 2.22. The minimum absolute atomic E-state index is 0. The summed E-state index contributed by atoms with van der Waals surface area (Å²) in [5.74, 6) is 0.304. The number of hydrogen-bond donors (Lipinski definition) is 1. The van der Waals surface area contributed by atoms with Crippen molar-refractivity contribution in [3.05, 3.63) is 35.4 Å². The molecule has 0 aromatic heterocycles. The SMILES string of the molecule is CC(C)(C)c1ccc(CCCCC(=O)N2CCC(OCCCN)CC2)cc1.Cl. The molecule has 0 radical (unpaired) electrons. The topological polar surface area (TPSA) is 55.6 Å². The van der Waals surface area contributed by atoms with Crippen molar-refractivity contribution >= 4 is 18.3 Å². The first-order valence-corrected chi connectivity index (χ1v) is 10.6. The average molecular weight is 411 g/mol. The molecule has 4 nitrogen and oxygen atoms in total. The van der Waals surface area contributed by atoms with Crippen LogP contribution in [0.1, 0.15) is 70.4 Å². The molecule has 0 unspecified atom stereocenters. The fourth-order valence-electron chi connectivity index (χ4n) is 3.54. The number of benzene rings is 1. The van der Waals surface area contributed by atoms with E-state index in [1.54, 1.807) is 0 Å². The molecule has 1 aromatic rings. The molecule has 2 N–H and O–H groups in total. The molecule has 1 amide bonds. The second kappa shape index (κ2) is 12.5. The highest BCUT2D eigenvalue weighted by atomic mass is 35.5. The van der Waals surface area contributed by atoms with Gasteiger partial charge in [-0.15, -0.1) is 12.4 Å². The number of ether oxygens (including phenoxy) is 1. The number of nitrogens with two attached hydrogens (primary N) is 1. The van der Waals surface area contributed by atoms with Crippen molar-refractivity contribution in [1.82, 2.24) is 4.90 Å². The number of rotatable bonds is 9. The van der Waals surface area contributed by atoms with Gasteiger partial charge in [-0.2, -0.15) is 0 Å². The van der Waals surface area contributed by atoms with Crippen molar-refractivity contribution in [3.8, 4) is 0 Å². The van der Waals surface area contributed by atoms with Gasteiger partial charge < -0.3 is 15.4 Å². The van der Waals surface area contributed by atoms with E-state index in [2.05, 4.69) is 45.0 Å². The van der Waals surface area contributed by atoms with E-state index >= 15 is 0 Å². The van der Waals surface area contributed by atoms with Gasteiger partial charge in [0.25, 0.3) is 0 Å². The Balaban J connectivity index is 0.00000392. The van der Waals surface area contributed by atoms with Crippen molar-refractivity contribution in [2.45, 2.75) is 77.2 Å². The third-order valence-electron chi connectivity index (χ3n) is 5.42. The van der Waals surface area contributed by atoms with Crippen LogP contribution in [0.4, 0.5) is 0 Å². The quantitative estimate of drug-likeness (QED) is 0.611. The van der Waals surface area contributed by atoms with Gasteiger partial charge in [-0.3, -0.25) is 4.79 Å². The van der Waals surface area contributed by atoms with Crippen LogP contribution in [0, 0.1) is 0 Å². The number of piperidine rings is 1. The van der Waals surface area contributed by atoms with Crippen LogP contribution in [0.3, 0.4) is 0 Å². The molecule has 2 rings (SSSR count). The molecule has 1 aromatic carbocycles. The van der Waals surface area contributed by atoms with Crippen molar-refractivity contribution in [1.29, 1.82) is 0 Å². The lowest BCUT2D eigenvalue weighted by molar-refractivity contribution is -0.133. The molecule has 1 fully saturated rings. The molecule has 0 saturated carbocycles. The molecule has 1 aliphatic rings. The highest BCUT2D eigenvalue weighted by molar-refractivity contribution is 5.85. The predicted octanol–water partition coefficient (Wildman–Crippen LogP) is 4.48. The number of nitrogens with zero attached hydrogens (tertiary/aromatic N) is 1. The van der Waals surface area contributed by atoms with E-state index in [1.807, 2.05) is 4.90 Å². The van der Waals surface area contributed by atoms with Crippen molar-refractivity contribution < 1.29 is 9.53 Å². The number of amides is 1. The Labute approximate surface area is 177 Å². The van der Waals surface area contributed by atoms with E-state index < -0.39 is 0 Å². The Morgan fingerprint density at radius 3 is 2.32 bits per heavy atom. The Morgan fingerprint density at radius 1 is 1.11 bits per heavy atom. The van der Waals surface area contributed by atoms with Crippen molar-refractivity contribution in [3.63, 3.8) is 0 Å². The maximum absolute atomic E-state index is 12.4. The van der Waals surface area contributed by atoms with Gasteiger partial charge in [0.2, 0.25) is 5.91 Å². The summed E-state index contributed by atoms with van der Waals surface area (Å²) in [4.78, 5) is 14.4. The lowest BCUT2D eigenvalue weighted by Crippen LogP contribution is -2.40. The number of aryl methyl sites for hydroxylation is 1. The fraction of sp³-hybridized carbons (Fsp3) is 0.696. The summed E-state index contributed by atoms with van der Waals surface area (Å²) in [5.41, 5.74) is 8.43. The molecular formula is C23H39ClN2O2. The number of hydrogen-bond acceptors (Lipinski definition) is 3. The maximum atomic E-state index is 12.4. The summed E-state index contributed by atoms with van der Waals surface area (Å²) in [7, 11) is 0. The number of unbranched alkanes of at least 4 members (excludes halogenated alkanes) is 1. The van der Waals surface area contributed by atoms with Gasteiger partial charge in [-0.25, -0.2) is 0 Å². The van der Waals surface area contributed by atoms with Crippen LogP contribution in [-0.2, 0) is 21.4 Å². The first-order chi connectivity index (χ1) is 12.9. The number of halogens is 1. The van der Waals surface area contributed by atoms with Crippen LogP contribution in [0.25, 0.3) is 0 Å². The van der Waals surface area contributed by atoms with E-state index in [9.17, 15) is 4.79 Å². The maximum Gasteiger partial charge on any atom is 0.222 e. The molecule has 1 aliphatic heterocycles. The van der Waals surface area contributed by atoms with Gasteiger partial charge in [-0.05, 0) is 61.6 Å². The Morgan fingerprint density at radius 2 is 1.75 bits per heavy atom. The number of carbonyl (C=O) groups is 1. The highest BCUT2D eigenvalue weighted by Gasteiger charge is 2.22. The van der Waals surface area contributed by atoms with Crippen LogP contribution >= 0.6 is 12.4 Å². The normalized spacial score (nSPS) is 15.4. The zero-order valence-electron chi connectivity index (χ0n) is 17.9. The van der Waals surface area contributed by atoms with Gasteiger partial charge >= 0.3 is 0 Å². The smallest absolute Gasteiger partial charge is 0.222 e. The molecule has 1 heterocycles. The molecule has 28 heavy (non-hydrogen) atoms. The first-order valence-electron chi connectivity index (χ1n) is 10.6. The molecule has 0 spiro atoms. The molecule has 5 heteroatoms. The van der Waals surface area contributed by atoms with Crippen LogP contribution < -0.4 is 5.73 Å². The summed E-state index contributed by atoms with van der Waals surface area (Å²) in [6, 6.07) is 8.94. The monoisotopic (exact) mass is 410 g/mol. The third kappa shape index (κ3) is 8.50. The van der Waals surface area contributed by atoms with E-state index in [4.69, 9.17) is 10.5 Å². The van der Waals surface area contributed by atoms with Gasteiger partial charge in [0.05, 0.1) is 6.10 Å². The van der Waals surface area contributed by atoms with E-state index in [1.165, 1.54) is 11.1 Å². The standard InChI is InChI=1S/C23H38N2O2.ClH/c1-23(2,3)20-11-9-19(10-12-20)7-4-5-8-22(26)25-16-13-21(14-17-25)27-18-6-15-24;/h9-12,21H,4-8,13-18,24H2,1-3H3;1H. The fourth-order valence-corrected chi connectivity index (χ4v) is 3.54. The summed E-state index contributed by atoms with van der Waals surface area (Å²) in [6.07, 6.45) is 6.88. The second-order valence-corrected chi connectivity index (χ2v) is 8.75. The van der Waals surface area contributed by atoms with Crippen LogP contribution in [0.15, 0.2) is 24.3 Å². The number of likely N-dealkylation sites (tertiary alicyclic amines) is 1. The largest absolute Gasteiger partial charge is 0.378 e. The Bertz CT molecular complexity index is 561. The van der Waals surface area contributed by atoms with E-state index in [-0.39, 0.29) is 17.8 Å². The third-order valence-corrected chi connectivity index (χ3v) is 5.42. The molecule has 0 bridgehead atoms. The van der Waals surface area contributed by atoms with Crippen LogP contribution in [0.2, 0.25) is 0 Å². The zero-order chi connectivity index (χ0) is 19.7. The van der Waals surface area contributed by atoms with Gasteiger partial charge in [-0.1, -0.05) is 45.0 Å². The van der Waals surface area contributed by atoms with Gasteiger partial charge in [0.15, 0.2) is 0 Å². The van der Waals surface area contributed by atoms with E-state index in [0.717, 1.165) is 58.2 Å². The van der Waals surface area contributed by atoms with Gasteiger partial charge in [0.1, 0.15) is 0 Å². The molecule has 160 valence electrons. The molecule has 0 atom stereocenters. The molecule has 1 saturated heterocycles. The lowest BCUT2D eigenvalue weighted by Gasteiger charge is -2.32. The minimum atomic E-state index is 0. The molecule has 0 aliphatic carbocycles. The first kappa shape index (κ1) is 24.9.